The van der Waals surface area contributed by atoms with Crippen LogP contribution in [0.15, 0.2) is 48.5 Å². The molecule has 202 valence electrons. The van der Waals surface area contributed by atoms with E-state index in [-0.39, 0.29) is 0 Å². The summed E-state index contributed by atoms with van der Waals surface area (Å²) in [6.45, 7) is 26.0. The topological polar surface area (TPSA) is 0 Å². The van der Waals surface area contributed by atoms with Gasteiger partial charge in [0.25, 0.3) is 0 Å². The largest absolute Gasteiger partial charge is 0.0630 e. The van der Waals surface area contributed by atoms with Gasteiger partial charge in [0.1, 0.15) is 0 Å². The van der Waals surface area contributed by atoms with Crippen molar-refractivity contribution in [2.45, 2.75) is 128 Å². The van der Waals surface area contributed by atoms with E-state index in [0.29, 0.717) is 0 Å². The molecule has 0 aliphatic heterocycles. The van der Waals surface area contributed by atoms with Crippen molar-refractivity contribution in [2.75, 3.05) is 0 Å². The van der Waals surface area contributed by atoms with Crippen LogP contribution in [-0.2, 0) is 25.7 Å². The van der Waals surface area contributed by atoms with E-state index in [9.17, 15) is 0 Å². The molecule has 2 aliphatic carbocycles. The number of fused-ring (bicyclic) bond motifs is 2. The predicted octanol–water partition coefficient (Wildman–Crippen LogP) is 11.4. The lowest BCUT2D eigenvalue weighted by atomic mass is 9.92. The van der Waals surface area contributed by atoms with Gasteiger partial charge < -0.3 is 0 Å². The minimum absolute atomic E-state index is 0.833. The number of aryl methyl sites for hydroxylation is 4. The number of benzene rings is 2. The van der Waals surface area contributed by atoms with Gasteiger partial charge in [0.2, 0.25) is 0 Å². The van der Waals surface area contributed by atoms with Gasteiger partial charge in [0.15, 0.2) is 0 Å². The van der Waals surface area contributed by atoms with Crippen molar-refractivity contribution in [3.8, 4) is 0 Å². The van der Waals surface area contributed by atoms with Crippen LogP contribution in [-0.4, -0.2) is 0 Å². The third-order valence-electron chi connectivity index (χ3n) is 4.27. The fourth-order valence-corrected chi connectivity index (χ4v) is 3.19. The summed E-state index contributed by atoms with van der Waals surface area (Å²) in [6.07, 6.45) is 9.34. The molecular weight excluding hydrogens is 420 g/mol. The first-order valence-corrected chi connectivity index (χ1v) is 14.5. The van der Waals surface area contributed by atoms with Crippen LogP contribution in [0.2, 0.25) is 0 Å². The Morgan fingerprint density at radius 3 is 0.714 bits per heavy atom. The summed E-state index contributed by atoms with van der Waals surface area (Å²) >= 11 is 0. The van der Waals surface area contributed by atoms with E-state index in [4.69, 9.17) is 0 Å². The Morgan fingerprint density at radius 1 is 0.343 bits per heavy atom. The molecule has 0 heteroatoms. The molecule has 0 amide bonds. The van der Waals surface area contributed by atoms with Crippen molar-refractivity contribution in [3.63, 3.8) is 0 Å². The van der Waals surface area contributed by atoms with Crippen molar-refractivity contribution < 1.29 is 0 Å². The standard InChI is InChI=1S/C10H12.C9H10.4C4H10/c1-2-6-10-8-4-3-7-9(10)5-1;1-2-5-9-7-3-6-8(9)4-1;4*1-4(2)3/h1-2,5-6H,3-4,7-8H2;1-2,4-5H,3,6-7H2;4*4H,1-3H3. The highest BCUT2D eigenvalue weighted by Gasteiger charge is 2.07. The molecule has 0 N–H and O–H groups in total. The molecule has 0 saturated carbocycles. The minimum Gasteiger partial charge on any atom is -0.0630 e. The van der Waals surface area contributed by atoms with Crippen LogP contribution in [0.5, 0.6) is 0 Å². The lowest BCUT2D eigenvalue weighted by Gasteiger charge is -2.13. The maximum absolute atomic E-state index is 2.26. The Morgan fingerprint density at radius 2 is 0.514 bits per heavy atom. The molecule has 0 nitrogen and oxygen atoms in total. The monoisotopic (exact) mass is 482 g/mol. The Labute approximate surface area is 222 Å². The smallest absolute Gasteiger partial charge is 0.0273 e. The van der Waals surface area contributed by atoms with Crippen LogP contribution >= 0.6 is 0 Å². The molecule has 0 aromatic heterocycles. The van der Waals surface area contributed by atoms with Gasteiger partial charge in [0, 0.05) is 0 Å². The first-order valence-electron chi connectivity index (χ1n) is 14.5. The number of hydrogen-bond donors (Lipinski definition) is 0. The maximum atomic E-state index is 2.26. The maximum Gasteiger partial charge on any atom is -0.0273 e. The summed E-state index contributed by atoms with van der Waals surface area (Å²) in [6, 6.07) is 17.5. The molecule has 0 radical (unpaired) electrons. The van der Waals surface area contributed by atoms with E-state index in [1.54, 1.807) is 22.3 Å². The zero-order valence-corrected chi connectivity index (χ0v) is 25.9. The molecule has 0 saturated heterocycles. The number of hydrogen-bond acceptors (Lipinski definition) is 0. The highest BCUT2D eigenvalue weighted by Crippen LogP contribution is 2.20. The first kappa shape index (κ1) is 35.6. The highest BCUT2D eigenvalue weighted by molar-refractivity contribution is 5.30. The normalized spacial score (nSPS) is 12.8. The van der Waals surface area contributed by atoms with Crippen LogP contribution in [0.4, 0.5) is 0 Å². The van der Waals surface area contributed by atoms with Crippen LogP contribution in [0.3, 0.4) is 0 Å². The Kier molecular flexibility index (Phi) is 23.3. The summed E-state index contributed by atoms with van der Waals surface area (Å²) in [7, 11) is 0. The Bertz CT molecular complexity index is 622. The zero-order valence-electron chi connectivity index (χ0n) is 25.9. The number of rotatable bonds is 0. The predicted molar refractivity (Wildman–Crippen MR) is 164 cm³/mol. The zero-order chi connectivity index (χ0) is 27.2. The lowest BCUT2D eigenvalue weighted by Crippen LogP contribution is -2.00. The second kappa shape index (κ2) is 22.9. The second-order valence-corrected chi connectivity index (χ2v) is 12.5. The molecule has 2 aromatic carbocycles. The molecular formula is C35H62. The SMILES string of the molecule is CC(C)C.CC(C)C.CC(C)C.CC(C)C.c1ccc2c(c1)CCC2.c1ccc2c(c1)CCCC2. The lowest BCUT2D eigenvalue weighted by molar-refractivity contribution is 0.685. The summed E-state index contributed by atoms with van der Waals surface area (Å²) in [4.78, 5) is 0. The van der Waals surface area contributed by atoms with E-state index in [1.807, 2.05) is 0 Å². The first-order chi connectivity index (χ1) is 16.4. The van der Waals surface area contributed by atoms with Gasteiger partial charge in [-0.2, -0.15) is 0 Å². The van der Waals surface area contributed by atoms with Crippen LogP contribution in [0.1, 0.15) is 125 Å². The molecule has 4 rings (SSSR count). The fraction of sp³-hybridized carbons (Fsp3) is 0.657. The minimum atomic E-state index is 0.833. The van der Waals surface area contributed by atoms with E-state index < -0.39 is 0 Å². The summed E-state index contributed by atoms with van der Waals surface area (Å²) in [5.74, 6) is 3.33. The van der Waals surface area contributed by atoms with Gasteiger partial charge in [-0.05, 0) is 90.9 Å². The molecule has 0 unspecified atom stereocenters. The molecule has 35 heavy (non-hydrogen) atoms. The summed E-state index contributed by atoms with van der Waals surface area (Å²) in [5.41, 5.74) is 6.29. The Balaban J connectivity index is 0. The van der Waals surface area contributed by atoms with Gasteiger partial charge in [-0.15, -0.1) is 0 Å². The van der Waals surface area contributed by atoms with Crippen LogP contribution in [0.25, 0.3) is 0 Å². The van der Waals surface area contributed by atoms with Crippen molar-refractivity contribution in [1.82, 2.24) is 0 Å². The van der Waals surface area contributed by atoms with Crippen molar-refractivity contribution >= 4 is 0 Å². The van der Waals surface area contributed by atoms with E-state index >= 15 is 0 Å². The van der Waals surface area contributed by atoms with E-state index in [2.05, 4.69) is 132 Å². The van der Waals surface area contributed by atoms with Gasteiger partial charge in [-0.1, -0.05) is 132 Å². The van der Waals surface area contributed by atoms with Gasteiger partial charge in [-0.25, -0.2) is 0 Å². The van der Waals surface area contributed by atoms with Crippen LogP contribution in [0, 0.1) is 23.7 Å². The average molecular weight is 483 g/mol. The molecule has 2 aromatic rings. The molecule has 0 heterocycles. The third-order valence-corrected chi connectivity index (χ3v) is 4.27. The second-order valence-electron chi connectivity index (χ2n) is 12.5. The summed E-state index contributed by atoms with van der Waals surface area (Å²) < 4.78 is 0. The Hall–Kier alpha value is -1.56. The molecule has 0 bridgehead atoms. The van der Waals surface area contributed by atoms with Crippen LogP contribution < -0.4 is 0 Å². The average Bonchev–Trinajstić information content (AvgIpc) is 3.22. The van der Waals surface area contributed by atoms with Gasteiger partial charge in [-0.3, -0.25) is 0 Å². The quantitative estimate of drug-likeness (QED) is 0.350. The third kappa shape index (κ3) is 26.9. The van der Waals surface area contributed by atoms with E-state index in [0.717, 1.165) is 23.7 Å². The van der Waals surface area contributed by atoms with Crippen molar-refractivity contribution in [3.05, 3.63) is 70.8 Å². The van der Waals surface area contributed by atoms with Crippen molar-refractivity contribution in [1.29, 1.82) is 0 Å². The fourth-order valence-electron chi connectivity index (χ4n) is 3.19. The molecule has 0 fully saturated rings. The molecule has 0 atom stereocenters. The van der Waals surface area contributed by atoms with Crippen molar-refractivity contribution in [2.24, 2.45) is 23.7 Å². The van der Waals surface area contributed by atoms with Gasteiger partial charge >= 0.3 is 0 Å². The van der Waals surface area contributed by atoms with E-state index in [1.165, 1.54) is 44.9 Å². The summed E-state index contributed by atoms with van der Waals surface area (Å²) in [5, 5.41) is 0. The molecule has 2 aliphatic rings. The highest BCUT2D eigenvalue weighted by atomic mass is 14.1. The molecule has 0 spiro atoms. The van der Waals surface area contributed by atoms with Gasteiger partial charge in [0.05, 0.1) is 0 Å².